The third-order valence-electron chi connectivity index (χ3n) is 5.14. The zero-order valence-corrected chi connectivity index (χ0v) is 16.7. The van der Waals surface area contributed by atoms with Crippen molar-refractivity contribution in [2.24, 2.45) is 7.05 Å². The minimum atomic E-state index is -4.80. The van der Waals surface area contributed by atoms with Crippen LogP contribution >= 0.6 is 0 Å². The lowest BCUT2D eigenvalue weighted by Gasteiger charge is -2.07. The van der Waals surface area contributed by atoms with Gasteiger partial charge in [0.1, 0.15) is 11.2 Å². The van der Waals surface area contributed by atoms with Crippen LogP contribution in [-0.4, -0.2) is 24.1 Å². The molecule has 11 heteroatoms. The average molecular weight is 441 g/mol. The molecule has 162 valence electrons. The number of aromatic nitrogens is 5. The molecule has 0 bridgehead atoms. The summed E-state index contributed by atoms with van der Waals surface area (Å²) >= 11 is 0. The molecule has 5 rings (SSSR count). The zero-order valence-electron chi connectivity index (χ0n) is 16.7. The Hall–Kier alpha value is -4.15. The van der Waals surface area contributed by atoms with E-state index in [1.165, 1.54) is 42.9 Å². The van der Waals surface area contributed by atoms with Crippen molar-refractivity contribution in [2.45, 2.75) is 13.1 Å². The summed E-state index contributed by atoms with van der Waals surface area (Å²) in [6.45, 7) is 1.51. The van der Waals surface area contributed by atoms with Gasteiger partial charge in [0.2, 0.25) is 5.89 Å². The Morgan fingerprint density at radius 2 is 1.75 bits per heavy atom. The third kappa shape index (κ3) is 2.85. The van der Waals surface area contributed by atoms with E-state index < -0.39 is 23.0 Å². The number of aryl methyl sites for hydroxylation is 2. The number of nitrogens with one attached hydrogen (secondary N) is 1. The lowest BCUT2D eigenvalue weighted by atomic mass is 10.1. The second-order valence-corrected chi connectivity index (χ2v) is 7.24. The van der Waals surface area contributed by atoms with Gasteiger partial charge in [-0.25, -0.2) is 4.98 Å². The fraction of sp³-hybridized carbons (Fsp3) is 0.143. The largest absolute Gasteiger partial charge is 0.436 e. The first-order chi connectivity index (χ1) is 15.2. The molecule has 0 atom stereocenters. The number of fused-ring (bicyclic) bond motifs is 2. The van der Waals surface area contributed by atoms with Gasteiger partial charge in [-0.15, -0.1) is 0 Å². The van der Waals surface area contributed by atoms with Crippen molar-refractivity contribution in [3.63, 3.8) is 0 Å². The number of nitrogens with zero attached hydrogens (tertiary/aromatic N) is 4. The molecule has 0 unspecified atom stereocenters. The van der Waals surface area contributed by atoms with Crippen molar-refractivity contribution < 1.29 is 17.6 Å². The maximum Gasteiger partial charge on any atom is 0.435 e. The molecule has 0 spiro atoms. The predicted molar refractivity (Wildman–Crippen MR) is 109 cm³/mol. The van der Waals surface area contributed by atoms with E-state index in [0.29, 0.717) is 4.52 Å². The first kappa shape index (κ1) is 19.8. The van der Waals surface area contributed by atoms with Gasteiger partial charge < -0.3 is 14.0 Å². The van der Waals surface area contributed by atoms with Crippen LogP contribution in [0.5, 0.6) is 0 Å². The number of aromatic amines is 1. The molecule has 0 aliphatic rings. The van der Waals surface area contributed by atoms with E-state index in [-0.39, 0.29) is 45.0 Å². The fourth-order valence-corrected chi connectivity index (χ4v) is 3.63. The Kier molecular flexibility index (Phi) is 4.13. The van der Waals surface area contributed by atoms with Gasteiger partial charge in [0.15, 0.2) is 16.8 Å². The van der Waals surface area contributed by atoms with Gasteiger partial charge in [0.05, 0.1) is 5.56 Å². The van der Waals surface area contributed by atoms with Gasteiger partial charge in [-0.1, -0.05) is 30.3 Å². The fourth-order valence-electron chi connectivity index (χ4n) is 3.63. The average Bonchev–Trinajstić information content (AvgIpc) is 3.34. The van der Waals surface area contributed by atoms with Crippen LogP contribution in [0.2, 0.25) is 0 Å². The molecule has 1 N–H and O–H groups in total. The maximum absolute atomic E-state index is 13.8. The second kappa shape index (κ2) is 6.67. The Balaban J connectivity index is 1.84. The maximum atomic E-state index is 13.8. The van der Waals surface area contributed by atoms with E-state index in [1.54, 1.807) is 18.2 Å². The molecule has 8 nitrogen and oxygen atoms in total. The predicted octanol–water partition coefficient (Wildman–Crippen LogP) is 3.52. The lowest BCUT2D eigenvalue weighted by Crippen LogP contribution is -2.20. The Labute approximate surface area is 176 Å². The Bertz CT molecular complexity index is 1620. The zero-order chi connectivity index (χ0) is 22.8. The van der Waals surface area contributed by atoms with Gasteiger partial charge in [-0.3, -0.25) is 9.59 Å². The number of pyridine rings is 1. The summed E-state index contributed by atoms with van der Waals surface area (Å²) in [5.74, 6) is -0.186. The van der Waals surface area contributed by atoms with Crippen LogP contribution < -0.4 is 11.1 Å². The second-order valence-electron chi connectivity index (χ2n) is 7.24. The van der Waals surface area contributed by atoms with Crippen LogP contribution in [0.4, 0.5) is 13.2 Å². The molecule has 0 saturated carbocycles. The molecule has 0 amide bonds. The smallest absolute Gasteiger partial charge is 0.435 e. The summed E-state index contributed by atoms with van der Waals surface area (Å²) in [7, 11) is 1.54. The van der Waals surface area contributed by atoms with E-state index in [0.717, 1.165) is 0 Å². The van der Waals surface area contributed by atoms with E-state index >= 15 is 0 Å². The van der Waals surface area contributed by atoms with Crippen molar-refractivity contribution in [1.29, 1.82) is 0 Å². The number of hydrogen-bond acceptors (Lipinski definition) is 5. The normalized spacial score (nSPS) is 12.2. The third-order valence-corrected chi connectivity index (χ3v) is 5.14. The molecule has 4 heterocycles. The van der Waals surface area contributed by atoms with E-state index in [4.69, 9.17) is 4.42 Å². The highest BCUT2D eigenvalue weighted by Crippen LogP contribution is 2.38. The molecule has 0 saturated heterocycles. The molecular weight excluding hydrogens is 427 g/mol. The van der Waals surface area contributed by atoms with Crippen molar-refractivity contribution in [1.82, 2.24) is 24.1 Å². The summed E-state index contributed by atoms with van der Waals surface area (Å²) < 4.78 is 48.9. The van der Waals surface area contributed by atoms with Crippen LogP contribution in [0.25, 0.3) is 39.3 Å². The van der Waals surface area contributed by atoms with Gasteiger partial charge in [-0.05, 0) is 18.6 Å². The van der Waals surface area contributed by atoms with Crippen LogP contribution in [0.3, 0.4) is 0 Å². The highest BCUT2D eigenvalue weighted by molar-refractivity contribution is 5.82. The van der Waals surface area contributed by atoms with E-state index in [9.17, 15) is 22.8 Å². The van der Waals surface area contributed by atoms with E-state index in [2.05, 4.69) is 15.1 Å². The standard InChI is InChI=1S/C21H14F3N5O3/c1-10-13(18-26-15-12(32-18)8-9-28(2)20(15)31)19(30)29-17(25-10)14(11-6-4-3-5-7-11)16(27-29)21(22,23)24/h3-9,25H,1-2H3. The number of rotatable bonds is 2. The van der Waals surface area contributed by atoms with Gasteiger partial charge >= 0.3 is 6.18 Å². The van der Waals surface area contributed by atoms with Crippen molar-refractivity contribution in [3.05, 3.63) is 74.7 Å². The summed E-state index contributed by atoms with van der Waals surface area (Å²) in [6.07, 6.45) is -3.31. The molecular formula is C21H14F3N5O3. The molecule has 0 fully saturated rings. The molecule has 5 aromatic rings. The quantitative estimate of drug-likeness (QED) is 0.452. The van der Waals surface area contributed by atoms with Gasteiger partial charge in [-0.2, -0.15) is 22.8 Å². The number of halogens is 3. The van der Waals surface area contributed by atoms with Crippen LogP contribution in [0.1, 0.15) is 11.4 Å². The number of alkyl halides is 3. The number of benzene rings is 1. The van der Waals surface area contributed by atoms with E-state index in [1.807, 2.05) is 0 Å². The topological polar surface area (TPSA) is 98.2 Å². The minimum absolute atomic E-state index is 0.00492. The summed E-state index contributed by atoms with van der Waals surface area (Å²) in [5, 5.41) is 3.59. The van der Waals surface area contributed by atoms with Crippen molar-refractivity contribution >= 4 is 16.7 Å². The van der Waals surface area contributed by atoms with Gasteiger partial charge in [0, 0.05) is 18.9 Å². The Morgan fingerprint density at radius 3 is 2.44 bits per heavy atom. The van der Waals surface area contributed by atoms with Crippen LogP contribution in [-0.2, 0) is 13.2 Å². The number of hydrogen-bond donors (Lipinski definition) is 1. The minimum Gasteiger partial charge on any atom is -0.436 e. The first-order valence-corrected chi connectivity index (χ1v) is 9.41. The SMILES string of the molecule is Cc1[nH]c2c(-c3ccccc3)c(C(F)(F)F)nn2c(=O)c1-c1nc2c(=O)n(C)ccc2o1. The lowest BCUT2D eigenvalue weighted by molar-refractivity contribution is -0.140. The summed E-state index contributed by atoms with van der Waals surface area (Å²) in [6, 6.07) is 9.38. The summed E-state index contributed by atoms with van der Waals surface area (Å²) in [4.78, 5) is 32.5. The highest BCUT2D eigenvalue weighted by atomic mass is 19.4. The monoisotopic (exact) mass is 441 g/mol. The van der Waals surface area contributed by atoms with Crippen LogP contribution in [0, 0.1) is 6.92 Å². The molecule has 0 radical (unpaired) electrons. The Morgan fingerprint density at radius 1 is 1.03 bits per heavy atom. The highest BCUT2D eigenvalue weighted by Gasteiger charge is 2.39. The van der Waals surface area contributed by atoms with Crippen molar-refractivity contribution in [2.75, 3.05) is 0 Å². The molecule has 32 heavy (non-hydrogen) atoms. The molecule has 0 aliphatic carbocycles. The van der Waals surface area contributed by atoms with Crippen LogP contribution in [0.15, 0.2) is 56.6 Å². The first-order valence-electron chi connectivity index (χ1n) is 9.41. The molecule has 1 aromatic carbocycles. The molecule has 4 aromatic heterocycles. The van der Waals surface area contributed by atoms with Crippen molar-refractivity contribution in [3.8, 4) is 22.6 Å². The number of oxazole rings is 1. The van der Waals surface area contributed by atoms with Gasteiger partial charge in [0.25, 0.3) is 11.1 Å². The summed E-state index contributed by atoms with van der Waals surface area (Å²) in [5.41, 5.74) is -2.32. The molecule has 0 aliphatic heterocycles. The number of H-pyrrole nitrogens is 1.